The van der Waals surface area contributed by atoms with Crippen molar-refractivity contribution in [1.82, 2.24) is 0 Å². The van der Waals surface area contributed by atoms with Crippen LogP contribution in [0.1, 0.15) is 32.6 Å². The van der Waals surface area contributed by atoms with E-state index in [1.807, 2.05) is 0 Å². The molecule has 1 aliphatic rings. The molecule has 0 radical (unpaired) electrons. The van der Waals surface area contributed by atoms with Gasteiger partial charge >= 0.3 is 50.5 Å². The van der Waals surface area contributed by atoms with Gasteiger partial charge in [0.15, 0.2) is 0 Å². The van der Waals surface area contributed by atoms with E-state index in [4.69, 9.17) is 0 Å². The normalized spacial score (nSPS) is 13.0. The average molecular weight is 550 g/mol. The van der Waals surface area contributed by atoms with Crippen LogP contribution < -0.4 is 13.3 Å². The van der Waals surface area contributed by atoms with E-state index in [1.54, 1.807) is 0 Å². The smallest absolute Gasteiger partial charge is 0 e. The first-order valence-corrected chi connectivity index (χ1v) is 16.6. The number of halogens is 3. The summed E-state index contributed by atoms with van der Waals surface area (Å²) in [4.78, 5) is 0. The second kappa shape index (κ2) is 14.4. The van der Waals surface area contributed by atoms with Crippen molar-refractivity contribution in [3.05, 3.63) is 23.8 Å². The summed E-state index contributed by atoms with van der Waals surface area (Å²) in [5.74, 6) is 0. The fourth-order valence-electron chi connectivity index (χ4n) is 0.989. The first-order valence-electron chi connectivity index (χ1n) is 3.98. The zero-order chi connectivity index (χ0) is 9.23. The molecule has 0 N–H and O–H groups in total. The van der Waals surface area contributed by atoms with Gasteiger partial charge < -0.3 is 0 Å². The second-order valence-electron chi connectivity index (χ2n) is 2.47. The molecule has 0 fully saturated rings. The Bertz CT molecular complexity index is 155. The van der Waals surface area contributed by atoms with Crippen molar-refractivity contribution >= 4 is 37.2 Å². The molecule has 76 valence electrons. The molecule has 4 heteroatoms. The van der Waals surface area contributed by atoms with Crippen molar-refractivity contribution in [3.63, 3.8) is 0 Å². The Labute approximate surface area is 126 Å². The topological polar surface area (TPSA) is 0 Å². The number of unbranched alkanes of at least 4 members (excludes halogenated alkanes) is 1. The molecule has 0 unspecified atom stereocenters. The van der Waals surface area contributed by atoms with Gasteiger partial charge in [0.05, 0.1) is 0 Å². The van der Waals surface area contributed by atoms with E-state index in [9.17, 15) is 0 Å². The summed E-state index contributed by atoms with van der Waals surface area (Å²) < 4.78 is 0. The standard InChI is InChI=1S/C9H13.I3.Ti/c1-2-3-6-9-7-4-5-8-9;1-3-2;/h4,7H,2-3,5-6H2,1H3;;/q2*-1;. The van der Waals surface area contributed by atoms with Gasteiger partial charge in [-0.05, 0) is 0 Å². The maximum absolute atomic E-state index is 3.30. The van der Waals surface area contributed by atoms with E-state index in [2.05, 4.69) is 62.4 Å². The molecule has 13 heavy (non-hydrogen) atoms. The van der Waals surface area contributed by atoms with Crippen LogP contribution in [0.5, 0.6) is 0 Å². The zero-order valence-electron chi connectivity index (χ0n) is 7.62. The minimum Gasteiger partial charge on any atom is 0 e. The van der Waals surface area contributed by atoms with Crippen LogP contribution in [0.4, 0.5) is 0 Å². The van der Waals surface area contributed by atoms with Gasteiger partial charge in [-0.25, -0.2) is 11.6 Å². The van der Waals surface area contributed by atoms with Gasteiger partial charge in [0, 0.05) is 21.7 Å². The van der Waals surface area contributed by atoms with Gasteiger partial charge in [-0.1, -0.05) is 26.2 Å². The molecule has 1 rings (SSSR count). The SMILES string of the molecule is CCCCC1=[C-]CC=C1.I[I-]I.[Ti]. The minimum absolute atomic E-state index is 0. The quantitative estimate of drug-likeness (QED) is 0.285. The largest absolute Gasteiger partial charge is 0 e. The van der Waals surface area contributed by atoms with Crippen molar-refractivity contribution in [2.75, 3.05) is 0 Å². The van der Waals surface area contributed by atoms with Crippen molar-refractivity contribution in [3.8, 4) is 0 Å². The van der Waals surface area contributed by atoms with Gasteiger partial charge in [0.2, 0.25) is 0 Å². The van der Waals surface area contributed by atoms with Crippen LogP contribution in [-0.4, -0.2) is 0 Å². The predicted molar refractivity (Wildman–Crippen MR) is 68.1 cm³/mol. The van der Waals surface area contributed by atoms with Gasteiger partial charge in [0.25, 0.3) is 0 Å². The van der Waals surface area contributed by atoms with Gasteiger partial charge in [0.1, 0.15) is 0 Å². The summed E-state index contributed by atoms with van der Waals surface area (Å²) in [6, 6.07) is 0. The Hall–Kier alpha value is 2.38. The molecule has 0 amide bonds. The molecule has 0 aromatic heterocycles. The van der Waals surface area contributed by atoms with Gasteiger partial charge in [-0.3, -0.25) is 6.08 Å². The van der Waals surface area contributed by atoms with Crippen molar-refractivity contribution < 1.29 is 35.0 Å². The molecule has 0 bridgehead atoms. The van der Waals surface area contributed by atoms with E-state index in [1.165, 1.54) is 24.8 Å². The van der Waals surface area contributed by atoms with Crippen LogP contribution in [0.2, 0.25) is 0 Å². The van der Waals surface area contributed by atoms with Crippen LogP contribution in [0.25, 0.3) is 0 Å². The third kappa shape index (κ3) is 12.3. The molecular weight excluding hydrogens is 537 g/mol. The van der Waals surface area contributed by atoms with Gasteiger partial charge in [-0.2, -0.15) is 6.08 Å². The molecule has 0 heterocycles. The Morgan fingerprint density at radius 3 is 2.54 bits per heavy atom. The summed E-state index contributed by atoms with van der Waals surface area (Å²) in [7, 11) is 0. The fraction of sp³-hybridized carbons (Fsp3) is 0.556. The van der Waals surface area contributed by atoms with Gasteiger partial charge in [-0.15, -0.1) is 6.42 Å². The first-order chi connectivity index (χ1) is 5.85. The third-order valence-corrected chi connectivity index (χ3v) is 1.57. The summed E-state index contributed by atoms with van der Waals surface area (Å²) in [5.41, 5.74) is 1.41. The summed E-state index contributed by atoms with van der Waals surface area (Å²) in [6.45, 7) is 2.22. The van der Waals surface area contributed by atoms with E-state index in [0.717, 1.165) is 6.42 Å². The summed E-state index contributed by atoms with van der Waals surface area (Å²) in [6.07, 6.45) is 12.5. The second-order valence-corrected chi connectivity index (χ2v) is 18.7. The predicted octanol–water partition coefficient (Wildman–Crippen LogP) is 1.64. The molecule has 0 saturated carbocycles. The Kier molecular flexibility index (Phi) is 19.7. The molecule has 0 spiro atoms. The molecule has 0 aromatic rings. The van der Waals surface area contributed by atoms with E-state index >= 15 is 0 Å². The third-order valence-electron chi connectivity index (χ3n) is 1.57. The number of rotatable bonds is 3. The molecular formula is C9H13I3Ti-2. The van der Waals surface area contributed by atoms with Crippen LogP contribution in [0, 0.1) is 6.08 Å². The van der Waals surface area contributed by atoms with Crippen LogP contribution in [0.3, 0.4) is 0 Å². The molecule has 0 aromatic carbocycles. The first kappa shape index (κ1) is 17.8. The zero-order valence-corrected chi connectivity index (χ0v) is 15.7. The van der Waals surface area contributed by atoms with E-state index < -0.39 is 0 Å². The number of hydrogen-bond donors (Lipinski definition) is 0. The molecule has 0 nitrogen and oxygen atoms in total. The Morgan fingerprint density at radius 1 is 1.54 bits per heavy atom. The summed E-state index contributed by atoms with van der Waals surface area (Å²) >= 11 is 5.30. The average Bonchev–Trinajstić information content (AvgIpc) is 2.54. The van der Waals surface area contributed by atoms with Crippen molar-refractivity contribution in [1.29, 1.82) is 0 Å². The minimum atomic E-state index is 0. The monoisotopic (exact) mass is 550 g/mol. The number of hydrogen-bond acceptors (Lipinski definition) is 0. The maximum Gasteiger partial charge on any atom is 0 e. The van der Waals surface area contributed by atoms with E-state index in [-0.39, 0.29) is 21.7 Å². The Balaban J connectivity index is 0. The molecule has 0 atom stereocenters. The Morgan fingerprint density at radius 2 is 2.15 bits per heavy atom. The maximum atomic E-state index is 3.30. The molecule has 1 aliphatic carbocycles. The summed E-state index contributed by atoms with van der Waals surface area (Å²) in [5, 5.41) is 0. The fourth-order valence-corrected chi connectivity index (χ4v) is 0.989. The van der Waals surface area contributed by atoms with E-state index in [0.29, 0.717) is 13.3 Å². The van der Waals surface area contributed by atoms with Crippen LogP contribution >= 0.6 is 37.2 Å². The molecule has 0 saturated heterocycles. The van der Waals surface area contributed by atoms with Crippen molar-refractivity contribution in [2.24, 2.45) is 0 Å². The molecule has 0 aliphatic heterocycles. The number of allylic oxidation sites excluding steroid dienone is 4. The van der Waals surface area contributed by atoms with Crippen LogP contribution in [-0.2, 0) is 21.7 Å². The van der Waals surface area contributed by atoms with Crippen LogP contribution in [0.15, 0.2) is 17.7 Å². The van der Waals surface area contributed by atoms with Crippen molar-refractivity contribution in [2.45, 2.75) is 32.6 Å².